The standard InChI is InChI=1S/C15H24N3O/c1-8-10-12(9-2)14-17-16-13(19-14)11-18(6,7)15(3,4)5/h8-10H,1-2,11H2,3-7H3/q+1. The van der Waals surface area contributed by atoms with E-state index in [1.165, 1.54) is 0 Å². The van der Waals surface area contributed by atoms with Crippen molar-refractivity contribution < 1.29 is 8.90 Å². The molecule has 0 aromatic carbocycles. The molecule has 0 unspecified atom stereocenters. The van der Waals surface area contributed by atoms with Crippen molar-refractivity contribution in [3.05, 3.63) is 43.2 Å². The molecule has 0 bridgehead atoms. The third-order valence-electron chi connectivity index (χ3n) is 3.58. The van der Waals surface area contributed by atoms with E-state index in [-0.39, 0.29) is 5.54 Å². The number of hydrogen-bond acceptors (Lipinski definition) is 3. The molecule has 0 spiro atoms. The number of aromatic nitrogens is 2. The summed E-state index contributed by atoms with van der Waals surface area (Å²) in [5.74, 6) is 1.12. The van der Waals surface area contributed by atoms with Crippen LogP contribution in [0.4, 0.5) is 0 Å². The Morgan fingerprint density at radius 1 is 1.26 bits per heavy atom. The smallest absolute Gasteiger partial charge is 0.271 e. The van der Waals surface area contributed by atoms with Gasteiger partial charge in [0.05, 0.1) is 19.6 Å². The maximum absolute atomic E-state index is 5.70. The molecule has 4 nitrogen and oxygen atoms in total. The van der Waals surface area contributed by atoms with Gasteiger partial charge < -0.3 is 8.90 Å². The largest absolute Gasteiger partial charge is 0.415 e. The highest BCUT2D eigenvalue weighted by molar-refractivity contribution is 5.68. The Morgan fingerprint density at radius 3 is 2.37 bits per heavy atom. The predicted octanol–water partition coefficient (Wildman–Crippen LogP) is 3.20. The Morgan fingerprint density at radius 2 is 1.89 bits per heavy atom. The third kappa shape index (κ3) is 3.64. The van der Waals surface area contributed by atoms with Crippen LogP contribution in [0.25, 0.3) is 5.57 Å². The van der Waals surface area contributed by atoms with Crippen molar-refractivity contribution in [2.24, 2.45) is 0 Å². The summed E-state index contributed by atoms with van der Waals surface area (Å²) in [6.45, 7) is 14.7. The molecule has 0 amide bonds. The van der Waals surface area contributed by atoms with Crippen molar-refractivity contribution in [3.8, 4) is 0 Å². The van der Waals surface area contributed by atoms with E-state index in [9.17, 15) is 0 Å². The van der Waals surface area contributed by atoms with Crippen molar-refractivity contribution in [2.45, 2.75) is 32.9 Å². The second-order valence-corrected chi connectivity index (χ2v) is 6.08. The average molecular weight is 262 g/mol. The zero-order valence-corrected chi connectivity index (χ0v) is 12.6. The molecule has 0 radical (unpaired) electrons. The molecule has 1 aromatic heterocycles. The second kappa shape index (κ2) is 5.53. The molecule has 104 valence electrons. The van der Waals surface area contributed by atoms with Gasteiger partial charge in [-0.1, -0.05) is 31.4 Å². The quantitative estimate of drug-likeness (QED) is 0.604. The van der Waals surface area contributed by atoms with E-state index < -0.39 is 0 Å². The summed E-state index contributed by atoms with van der Waals surface area (Å²) in [6, 6.07) is 0. The van der Waals surface area contributed by atoms with E-state index in [2.05, 4.69) is 58.2 Å². The fourth-order valence-corrected chi connectivity index (χ4v) is 1.36. The van der Waals surface area contributed by atoms with Crippen LogP contribution in [0.2, 0.25) is 0 Å². The Hall–Kier alpha value is -1.68. The van der Waals surface area contributed by atoms with Crippen LogP contribution < -0.4 is 0 Å². The van der Waals surface area contributed by atoms with Crippen molar-refractivity contribution in [1.29, 1.82) is 0 Å². The van der Waals surface area contributed by atoms with Crippen LogP contribution in [0.15, 0.2) is 35.8 Å². The third-order valence-corrected chi connectivity index (χ3v) is 3.58. The number of quaternary nitrogens is 1. The SMILES string of the molecule is C=CC=C(C=C)c1nnc(C[N+](C)(C)C(C)(C)C)o1. The molecular formula is C15H24N3O+. The topological polar surface area (TPSA) is 38.9 Å². The summed E-state index contributed by atoms with van der Waals surface area (Å²) in [5, 5.41) is 8.17. The summed E-state index contributed by atoms with van der Waals surface area (Å²) in [6.07, 6.45) is 5.16. The van der Waals surface area contributed by atoms with E-state index in [1.807, 2.05) is 0 Å². The van der Waals surface area contributed by atoms with Crippen LogP contribution >= 0.6 is 0 Å². The van der Waals surface area contributed by atoms with E-state index in [1.54, 1.807) is 18.2 Å². The van der Waals surface area contributed by atoms with Crippen molar-refractivity contribution in [3.63, 3.8) is 0 Å². The lowest BCUT2D eigenvalue weighted by molar-refractivity contribution is -0.949. The second-order valence-electron chi connectivity index (χ2n) is 6.08. The average Bonchev–Trinajstić information content (AvgIpc) is 2.71. The van der Waals surface area contributed by atoms with Gasteiger partial charge in [-0.15, -0.1) is 10.2 Å². The molecule has 0 N–H and O–H groups in total. The molecular weight excluding hydrogens is 238 g/mol. The van der Waals surface area contributed by atoms with Gasteiger partial charge in [-0.3, -0.25) is 0 Å². The Bertz CT molecular complexity index is 490. The Labute approximate surface area is 115 Å². The maximum atomic E-state index is 5.70. The van der Waals surface area contributed by atoms with Gasteiger partial charge in [0.2, 0.25) is 5.89 Å². The van der Waals surface area contributed by atoms with Gasteiger partial charge in [-0.2, -0.15) is 0 Å². The summed E-state index contributed by atoms with van der Waals surface area (Å²) in [4.78, 5) is 0. The van der Waals surface area contributed by atoms with Crippen LogP contribution in [0.5, 0.6) is 0 Å². The van der Waals surface area contributed by atoms with Crippen LogP contribution in [0, 0.1) is 0 Å². The van der Waals surface area contributed by atoms with Crippen molar-refractivity contribution in [2.75, 3.05) is 14.1 Å². The van der Waals surface area contributed by atoms with Crippen molar-refractivity contribution in [1.82, 2.24) is 10.2 Å². The molecule has 1 aromatic rings. The molecule has 0 atom stereocenters. The van der Waals surface area contributed by atoms with Crippen LogP contribution in [0.3, 0.4) is 0 Å². The summed E-state index contributed by atoms with van der Waals surface area (Å²) >= 11 is 0. The normalized spacial score (nSPS) is 13.4. The Balaban J connectivity index is 2.96. The van der Waals surface area contributed by atoms with Gasteiger partial charge in [0.15, 0.2) is 6.54 Å². The van der Waals surface area contributed by atoms with Gasteiger partial charge in [0, 0.05) is 5.57 Å². The van der Waals surface area contributed by atoms with Crippen molar-refractivity contribution >= 4 is 5.57 Å². The first kappa shape index (κ1) is 15.4. The summed E-state index contributed by atoms with van der Waals surface area (Å²) in [7, 11) is 4.30. The van der Waals surface area contributed by atoms with Crippen LogP contribution in [-0.4, -0.2) is 34.3 Å². The highest BCUT2D eigenvalue weighted by atomic mass is 16.4. The van der Waals surface area contributed by atoms with Gasteiger partial charge in [0.25, 0.3) is 5.89 Å². The molecule has 0 saturated heterocycles. The lowest BCUT2D eigenvalue weighted by Gasteiger charge is -2.41. The van der Waals surface area contributed by atoms with Gasteiger partial charge in [-0.25, -0.2) is 0 Å². The minimum Gasteiger partial charge on any atom is -0.415 e. The lowest BCUT2D eigenvalue weighted by atomic mass is 10.0. The minimum atomic E-state index is 0.104. The van der Waals surface area contributed by atoms with Crippen LogP contribution in [0.1, 0.15) is 32.6 Å². The molecule has 0 aliphatic rings. The minimum absolute atomic E-state index is 0.104. The summed E-state index contributed by atoms with van der Waals surface area (Å²) < 4.78 is 6.46. The lowest BCUT2D eigenvalue weighted by Crippen LogP contribution is -2.53. The van der Waals surface area contributed by atoms with Crippen LogP contribution in [-0.2, 0) is 6.54 Å². The monoisotopic (exact) mass is 262 g/mol. The van der Waals surface area contributed by atoms with Gasteiger partial charge >= 0.3 is 0 Å². The molecule has 4 heteroatoms. The van der Waals surface area contributed by atoms with E-state index in [4.69, 9.17) is 4.42 Å². The fourth-order valence-electron chi connectivity index (χ4n) is 1.36. The Kier molecular flexibility index (Phi) is 4.48. The molecule has 1 heterocycles. The fraction of sp³-hybridized carbons (Fsp3) is 0.467. The van der Waals surface area contributed by atoms with E-state index in [0.29, 0.717) is 18.3 Å². The number of allylic oxidation sites excluding steroid dienone is 4. The molecule has 0 aliphatic heterocycles. The first-order chi connectivity index (χ1) is 8.71. The molecule has 1 rings (SSSR count). The zero-order valence-electron chi connectivity index (χ0n) is 12.6. The van der Waals surface area contributed by atoms with E-state index >= 15 is 0 Å². The van der Waals surface area contributed by atoms with E-state index in [0.717, 1.165) is 10.1 Å². The maximum Gasteiger partial charge on any atom is 0.271 e. The summed E-state index contributed by atoms with van der Waals surface area (Å²) in [5.41, 5.74) is 0.891. The highest BCUT2D eigenvalue weighted by Gasteiger charge is 2.33. The highest BCUT2D eigenvalue weighted by Crippen LogP contribution is 2.23. The molecule has 0 aliphatic carbocycles. The number of nitrogens with zero attached hydrogens (tertiary/aromatic N) is 3. The molecule has 0 saturated carbocycles. The van der Waals surface area contributed by atoms with Gasteiger partial charge in [-0.05, 0) is 20.8 Å². The van der Waals surface area contributed by atoms with Gasteiger partial charge in [0.1, 0.15) is 0 Å². The zero-order chi connectivity index (χ0) is 14.7. The first-order valence-corrected chi connectivity index (χ1v) is 6.32. The predicted molar refractivity (Wildman–Crippen MR) is 78.2 cm³/mol. The molecule has 0 fully saturated rings. The molecule has 19 heavy (non-hydrogen) atoms. The number of rotatable bonds is 5. The first-order valence-electron chi connectivity index (χ1n) is 6.32. The number of hydrogen-bond donors (Lipinski definition) is 0.